The van der Waals surface area contributed by atoms with Crippen molar-refractivity contribution in [3.63, 3.8) is 0 Å². The van der Waals surface area contributed by atoms with Crippen molar-refractivity contribution in [1.29, 1.82) is 0 Å². The molecule has 0 aliphatic carbocycles. The Kier molecular flexibility index (Phi) is 6.71. The van der Waals surface area contributed by atoms with E-state index in [1.54, 1.807) is 13.0 Å². The lowest BCUT2D eigenvalue weighted by Crippen LogP contribution is -2.43. The van der Waals surface area contributed by atoms with Crippen molar-refractivity contribution in [2.24, 2.45) is 13.0 Å². The van der Waals surface area contributed by atoms with E-state index in [0.29, 0.717) is 11.3 Å². The first kappa shape index (κ1) is 23.8. The largest absolute Gasteiger partial charge is 0.454 e. The monoisotopic (exact) mass is 452 g/mol. The summed E-state index contributed by atoms with van der Waals surface area (Å²) < 4.78 is 9.17. The molecular formula is C24H28N4O5. The van der Waals surface area contributed by atoms with Crippen LogP contribution < -0.4 is 17.0 Å². The van der Waals surface area contributed by atoms with Crippen LogP contribution in [-0.4, -0.2) is 32.1 Å². The number of carbonyl (C=O) groups excluding carboxylic acids is 2. The topological polar surface area (TPSA) is 118 Å². The van der Waals surface area contributed by atoms with Gasteiger partial charge < -0.3 is 15.0 Å². The molecule has 3 aromatic rings. The van der Waals surface area contributed by atoms with Crippen molar-refractivity contribution in [2.75, 3.05) is 12.3 Å². The fourth-order valence-corrected chi connectivity index (χ4v) is 3.81. The Bertz CT molecular complexity index is 1330. The number of rotatable bonds is 7. The van der Waals surface area contributed by atoms with Crippen LogP contribution in [0.5, 0.6) is 0 Å². The van der Waals surface area contributed by atoms with Crippen molar-refractivity contribution < 1.29 is 14.3 Å². The molecule has 0 saturated heterocycles. The van der Waals surface area contributed by atoms with Gasteiger partial charge in [-0.05, 0) is 38.0 Å². The number of nitrogens with two attached hydrogens (primary N) is 1. The second-order valence-electron chi connectivity index (χ2n) is 8.37. The summed E-state index contributed by atoms with van der Waals surface area (Å²) in [6.07, 6.45) is 0. The maximum Gasteiger partial charge on any atom is 0.340 e. The van der Waals surface area contributed by atoms with E-state index in [-0.39, 0.29) is 23.8 Å². The molecule has 33 heavy (non-hydrogen) atoms. The van der Waals surface area contributed by atoms with E-state index in [4.69, 9.17) is 10.5 Å². The molecule has 0 aliphatic heterocycles. The number of benzene rings is 1. The molecule has 9 nitrogen and oxygen atoms in total. The predicted octanol–water partition coefficient (Wildman–Crippen LogP) is 2.23. The van der Waals surface area contributed by atoms with Crippen LogP contribution in [0.3, 0.4) is 0 Å². The molecular weight excluding hydrogens is 424 g/mol. The summed E-state index contributed by atoms with van der Waals surface area (Å²) in [7, 11) is 1.28. The number of nitrogen functional groups attached to an aromatic ring is 1. The van der Waals surface area contributed by atoms with Gasteiger partial charge in [-0.15, -0.1) is 0 Å². The van der Waals surface area contributed by atoms with Crippen molar-refractivity contribution >= 4 is 17.6 Å². The van der Waals surface area contributed by atoms with E-state index in [9.17, 15) is 19.2 Å². The number of Topliss-reactive ketones (excluding diaryl/α,β-unsaturated/α-hetero) is 1. The predicted molar refractivity (Wildman–Crippen MR) is 125 cm³/mol. The number of aromatic nitrogens is 3. The fraction of sp³-hybridized carbons (Fsp3) is 0.333. The molecule has 0 unspecified atom stereocenters. The Balaban J connectivity index is 1.87. The molecule has 174 valence electrons. The van der Waals surface area contributed by atoms with Crippen LogP contribution in [0, 0.1) is 19.8 Å². The van der Waals surface area contributed by atoms with Crippen LogP contribution >= 0.6 is 0 Å². The number of carbonyl (C=O) groups is 2. The van der Waals surface area contributed by atoms with E-state index in [1.807, 2.05) is 55.7 Å². The molecule has 0 saturated carbocycles. The third kappa shape index (κ3) is 4.52. The number of esters is 1. The number of ketones is 1. The van der Waals surface area contributed by atoms with Crippen LogP contribution in [0.4, 0.5) is 5.82 Å². The molecule has 0 atom stereocenters. The lowest BCUT2D eigenvalue weighted by atomic mass is 10.1. The number of aryl methyl sites for hydroxylation is 1. The van der Waals surface area contributed by atoms with Crippen LogP contribution in [-0.2, 0) is 18.3 Å². The highest BCUT2D eigenvalue weighted by molar-refractivity contribution is 6.02. The van der Waals surface area contributed by atoms with Gasteiger partial charge in [0.1, 0.15) is 11.4 Å². The molecule has 9 heteroatoms. The van der Waals surface area contributed by atoms with E-state index >= 15 is 0 Å². The lowest BCUT2D eigenvalue weighted by Gasteiger charge is -2.16. The van der Waals surface area contributed by atoms with Crippen LogP contribution in [0.15, 0.2) is 46.0 Å². The highest BCUT2D eigenvalue weighted by atomic mass is 16.5. The highest BCUT2D eigenvalue weighted by Gasteiger charge is 2.24. The smallest absolute Gasteiger partial charge is 0.340 e. The summed E-state index contributed by atoms with van der Waals surface area (Å²) in [5.74, 6) is -1.62. The minimum Gasteiger partial charge on any atom is -0.454 e. The van der Waals surface area contributed by atoms with E-state index in [2.05, 4.69) is 0 Å². The number of hydrogen-bond donors (Lipinski definition) is 1. The Labute approximate surface area is 191 Å². The number of anilines is 1. The summed E-state index contributed by atoms with van der Waals surface area (Å²) in [6, 6.07) is 11.2. The quantitative estimate of drug-likeness (QED) is 0.434. The Morgan fingerprint density at radius 1 is 1.09 bits per heavy atom. The first-order valence-corrected chi connectivity index (χ1v) is 10.6. The van der Waals surface area contributed by atoms with Gasteiger partial charge in [-0.2, -0.15) is 0 Å². The van der Waals surface area contributed by atoms with Crippen molar-refractivity contribution in [3.05, 3.63) is 79.8 Å². The second-order valence-corrected chi connectivity index (χ2v) is 8.37. The second kappa shape index (κ2) is 9.32. The van der Waals surface area contributed by atoms with Crippen LogP contribution in [0.25, 0.3) is 5.69 Å². The molecule has 0 radical (unpaired) electrons. The van der Waals surface area contributed by atoms with Gasteiger partial charge in [-0.25, -0.2) is 9.59 Å². The molecule has 0 amide bonds. The molecule has 2 aromatic heterocycles. The first-order valence-electron chi connectivity index (χ1n) is 10.6. The maximum absolute atomic E-state index is 12.8. The number of ether oxygens (including phenoxy) is 1. The average Bonchev–Trinajstić information content (AvgIpc) is 3.08. The molecule has 1 aromatic carbocycles. The zero-order chi connectivity index (χ0) is 24.4. The summed E-state index contributed by atoms with van der Waals surface area (Å²) in [5, 5.41) is 0. The van der Waals surface area contributed by atoms with E-state index in [0.717, 1.165) is 15.9 Å². The Hall–Kier alpha value is -3.88. The molecule has 3 rings (SSSR count). The van der Waals surface area contributed by atoms with Crippen molar-refractivity contribution in [1.82, 2.24) is 13.7 Å². The zero-order valence-corrected chi connectivity index (χ0v) is 19.4. The van der Waals surface area contributed by atoms with Crippen LogP contribution in [0.1, 0.15) is 46.0 Å². The van der Waals surface area contributed by atoms with Gasteiger partial charge in [0.15, 0.2) is 6.61 Å². The average molecular weight is 453 g/mol. The fourth-order valence-electron chi connectivity index (χ4n) is 3.81. The summed E-state index contributed by atoms with van der Waals surface area (Å²) in [5.41, 5.74) is 6.94. The van der Waals surface area contributed by atoms with Gasteiger partial charge in [-0.3, -0.25) is 18.7 Å². The van der Waals surface area contributed by atoms with Crippen molar-refractivity contribution in [3.8, 4) is 5.69 Å². The minimum atomic E-state index is -0.819. The van der Waals surface area contributed by atoms with Gasteiger partial charge in [0.2, 0.25) is 5.78 Å². The number of para-hydroxylation sites is 1. The number of nitrogens with zero attached hydrogens (tertiary/aromatic N) is 3. The normalized spacial score (nSPS) is 11.1. The van der Waals surface area contributed by atoms with Gasteiger partial charge >= 0.3 is 11.7 Å². The highest BCUT2D eigenvalue weighted by Crippen LogP contribution is 2.21. The van der Waals surface area contributed by atoms with E-state index < -0.39 is 29.6 Å². The maximum atomic E-state index is 12.8. The summed E-state index contributed by atoms with van der Waals surface area (Å²) in [6.45, 7) is 6.98. The third-order valence-corrected chi connectivity index (χ3v) is 5.41. The van der Waals surface area contributed by atoms with Gasteiger partial charge in [0.25, 0.3) is 5.56 Å². The van der Waals surface area contributed by atoms with Gasteiger partial charge in [-0.1, -0.05) is 32.0 Å². The molecule has 0 spiro atoms. The van der Waals surface area contributed by atoms with Gasteiger partial charge in [0.05, 0.1) is 5.56 Å². The minimum absolute atomic E-state index is 0.0585. The van der Waals surface area contributed by atoms with E-state index in [1.165, 1.54) is 11.6 Å². The standard InChI is InChI=1S/C24H28N4O5/c1-14(2)12-27-21(25)20(22(30)26(5)24(27)32)19(29)13-33-23(31)18-11-15(3)28(16(18)4)17-9-7-6-8-10-17/h6-11,14H,12-13,25H2,1-5H3. The molecule has 0 fully saturated rings. The summed E-state index contributed by atoms with van der Waals surface area (Å²) >= 11 is 0. The van der Waals surface area contributed by atoms with Crippen molar-refractivity contribution in [2.45, 2.75) is 34.2 Å². The molecule has 0 aliphatic rings. The molecule has 2 N–H and O–H groups in total. The van der Waals surface area contributed by atoms with Gasteiger partial charge in [0, 0.05) is 30.7 Å². The Morgan fingerprint density at radius 3 is 2.33 bits per heavy atom. The number of hydrogen-bond acceptors (Lipinski definition) is 6. The Morgan fingerprint density at radius 2 is 1.73 bits per heavy atom. The third-order valence-electron chi connectivity index (χ3n) is 5.41. The van der Waals surface area contributed by atoms with Crippen LogP contribution in [0.2, 0.25) is 0 Å². The lowest BCUT2D eigenvalue weighted by molar-refractivity contribution is 0.0473. The molecule has 2 heterocycles. The zero-order valence-electron chi connectivity index (χ0n) is 19.4. The SMILES string of the molecule is Cc1cc(C(=O)OCC(=O)c2c(N)n(CC(C)C)c(=O)n(C)c2=O)c(C)n1-c1ccccc1. The first-order chi connectivity index (χ1) is 15.5. The molecule has 0 bridgehead atoms. The summed E-state index contributed by atoms with van der Waals surface area (Å²) in [4.78, 5) is 50.5.